The van der Waals surface area contributed by atoms with E-state index in [-0.39, 0.29) is 12.5 Å². The van der Waals surface area contributed by atoms with E-state index in [4.69, 9.17) is 9.26 Å². The highest BCUT2D eigenvalue weighted by Crippen LogP contribution is 2.24. The van der Waals surface area contributed by atoms with Crippen LogP contribution in [0.1, 0.15) is 27.5 Å². The van der Waals surface area contributed by atoms with E-state index in [0.29, 0.717) is 17.1 Å². The van der Waals surface area contributed by atoms with Crippen LogP contribution in [-0.4, -0.2) is 21.1 Å². The maximum Gasteiger partial charge on any atom is 0.340 e. The molecule has 0 atom stereocenters. The van der Waals surface area contributed by atoms with Crippen LogP contribution in [0.3, 0.4) is 0 Å². The molecule has 0 aliphatic rings. The van der Waals surface area contributed by atoms with Gasteiger partial charge in [-0.3, -0.25) is 4.98 Å². The molecule has 130 valence electrons. The molecule has 0 radical (unpaired) electrons. The van der Waals surface area contributed by atoms with Crippen LogP contribution in [0.15, 0.2) is 46.3 Å². The van der Waals surface area contributed by atoms with Gasteiger partial charge in [-0.25, -0.2) is 4.79 Å². The summed E-state index contributed by atoms with van der Waals surface area (Å²) < 4.78 is 10.5. The minimum absolute atomic E-state index is 0.0804. The summed E-state index contributed by atoms with van der Waals surface area (Å²) in [4.78, 5) is 22.2. The molecule has 4 aromatic rings. The standard InChI is InChI=1S/C19H15N3O3S/c1-11-13-6-3-4-7-14(13)20-12(2)17(11)19(23)24-10-16-21-18(22-25-16)15-8-5-9-26-15/h3-9H,10H2,1-2H3. The Morgan fingerprint density at radius 1 is 1.15 bits per heavy atom. The van der Waals surface area contributed by atoms with Gasteiger partial charge in [0, 0.05) is 5.39 Å². The lowest BCUT2D eigenvalue weighted by atomic mass is 10.0. The van der Waals surface area contributed by atoms with Crippen molar-refractivity contribution in [3.63, 3.8) is 0 Å². The number of aryl methyl sites for hydroxylation is 2. The predicted molar refractivity (Wildman–Crippen MR) is 97.9 cm³/mol. The average Bonchev–Trinajstić information content (AvgIpc) is 3.31. The smallest absolute Gasteiger partial charge is 0.340 e. The van der Waals surface area contributed by atoms with Gasteiger partial charge in [-0.2, -0.15) is 4.98 Å². The molecule has 0 bridgehead atoms. The third kappa shape index (κ3) is 2.97. The van der Waals surface area contributed by atoms with Crippen LogP contribution in [0.2, 0.25) is 0 Å². The van der Waals surface area contributed by atoms with Crippen molar-refractivity contribution in [3.8, 4) is 10.7 Å². The highest BCUT2D eigenvalue weighted by Gasteiger charge is 2.19. The van der Waals surface area contributed by atoms with E-state index in [1.165, 1.54) is 11.3 Å². The van der Waals surface area contributed by atoms with Gasteiger partial charge in [-0.1, -0.05) is 29.4 Å². The second-order valence-corrected chi connectivity index (χ2v) is 6.73. The quantitative estimate of drug-likeness (QED) is 0.501. The molecular weight excluding hydrogens is 350 g/mol. The van der Waals surface area contributed by atoms with Gasteiger partial charge in [0.25, 0.3) is 5.89 Å². The summed E-state index contributed by atoms with van der Waals surface area (Å²) in [7, 11) is 0. The molecule has 3 aromatic heterocycles. The van der Waals surface area contributed by atoms with Gasteiger partial charge in [-0.05, 0) is 36.9 Å². The maximum atomic E-state index is 12.6. The zero-order valence-electron chi connectivity index (χ0n) is 14.2. The lowest BCUT2D eigenvalue weighted by molar-refractivity contribution is 0.0428. The summed E-state index contributed by atoms with van der Waals surface area (Å²) in [5.74, 6) is 0.297. The van der Waals surface area contributed by atoms with Crippen molar-refractivity contribution in [1.82, 2.24) is 15.1 Å². The Hall–Kier alpha value is -3.06. The number of ether oxygens (including phenoxy) is 1. The van der Waals surface area contributed by atoms with Crippen LogP contribution in [0.4, 0.5) is 0 Å². The van der Waals surface area contributed by atoms with Crippen LogP contribution >= 0.6 is 11.3 Å². The fraction of sp³-hybridized carbons (Fsp3) is 0.158. The molecule has 0 N–H and O–H groups in total. The van der Waals surface area contributed by atoms with Crippen LogP contribution in [0, 0.1) is 13.8 Å². The molecule has 0 spiro atoms. The normalized spacial score (nSPS) is 11.0. The summed E-state index contributed by atoms with van der Waals surface area (Å²) in [6.07, 6.45) is 0. The number of pyridine rings is 1. The van der Waals surface area contributed by atoms with Gasteiger partial charge < -0.3 is 9.26 Å². The van der Waals surface area contributed by atoms with Crippen molar-refractivity contribution in [1.29, 1.82) is 0 Å². The first kappa shape index (κ1) is 16.4. The Morgan fingerprint density at radius 2 is 2.00 bits per heavy atom. The molecule has 0 saturated carbocycles. The second-order valence-electron chi connectivity index (χ2n) is 5.78. The number of rotatable bonds is 4. The van der Waals surface area contributed by atoms with E-state index in [2.05, 4.69) is 15.1 Å². The number of carbonyl (C=O) groups is 1. The zero-order valence-corrected chi connectivity index (χ0v) is 15.0. The van der Waals surface area contributed by atoms with Gasteiger partial charge in [0.15, 0.2) is 6.61 Å². The van der Waals surface area contributed by atoms with Gasteiger partial charge in [0.2, 0.25) is 5.82 Å². The first-order valence-electron chi connectivity index (χ1n) is 8.03. The van der Waals surface area contributed by atoms with Crippen LogP contribution in [0.25, 0.3) is 21.6 Å². The van der Waals surface area contributed by atoms with E-state index < -0.39 is 5.97 Å². The Balaban J connectivity index is 1.55. The second kappa shape index (κ2) is 6.68. The molecule has 3 heterocycles. The summed E-state index contributed by atoms with van der Waals surface area (Å²) in [6.45, 7) is 3.62. The van der Waals surface area contributed by atoms with E-state index >= 15 is 0 Å². The Bertz CT molecular complexity index is 1090. The first-order chi connectivity index (χ1) is 12.6. The molecule has 0 aliphatic heterocycles. The summed E-state index contributed by atoms with van der Waals surface area (Å²) in [5.41, 5.74) is 2.82. The third-order valence-corrected chi connectivity index (χ3v) is 4.94. The van der Waals surface area contributed by atoms with Gasteiger partial charge in [-0.15, -0.1) is 11.3 Å². The van der Waals surface area contributed by atoms with E-state index in [0.717, 1.165) is 21.3 Å². The predicted octanol–water partition coefficient (Wildman–Crippen LogP) is 4.32. The minimum atomic E-state index is -0.450. The van der Waals surface area contributed by atoms with E-state index in [1.807, 2.05) is 48.7 Å². The molecule has 0 saturated heterocycles. The lowest BCUT2D eigenvalue weighted by Gasteiger charge is -2.11. The Morgan fingerprint density at radius 3 is 2.81 bits per heavy atom. The fourth-order valence-corrected chi connectivity index (χ4v) is 3.50. The number of para-hydroxylation sites is 1. The molecule has 0 amide bonds. The number of aromatic nitrogens is 3. The van der Waals surface area contributed by atoms with Crippen molar-refractivity contribution in [3.05, 3.63) is 64.5 Å². The van der Waals surface area contributed by atoms with Gasteiger partial charge >= 0.3 is 5.97 Å². The molecule has 1 aromatic carbocycles. The number of hydrogen-bond donors (Lipinski definition) is 0. The average molecular weight is 365 g/mol. The highest BCUT2D eigenvalue weighted by atomic mass is 32.1. The molecule has 6 nitrogen and oxygen atoms in total. The van der Waals surface area contributed by atoms with Crippen molar-refractivity contribution in [2.75, 3.05) is 0 Å². The summed E-state index contributed by atoms with van der Waals surface area (Å²) in [5, 5.41) is 6.77. The zero-order chi connectivity index (χ0) is 18.1. The summed E-state index contributed by atoms with van der Waals surface area (Å²) in [6, 6.07) is 11.5. The first-order valence-corrected chi connectivity index (χ1v) is 8.91. The topological polar surface area (TPSA) is 78.1 Å². The van der Waals surface area contributed by atoms with Crippen LogP contribution in [0.5, 0.6) is 0 Å². The number of thiophene rings is 1. The fourth-order valence-electron chi connectivity index (χ4n) is 2.85. The number of benzene rings is 1. The molecular formula is C19H15N3O3S. The van der Waals surface area contributed by atoms with Crippen molar-refractivity contribution >= 4 is 28.2 Å². The summed E-state index contributed by atoms with van der Waals surface area (Å²) >= 11 is 1.51. The van der Waals surface area contributed by atoms with Crippen LogP contribution < -0.4 is 0 Å². The van der Waals surface area contributed by atoms with Gasteiger partial charge in [0.1, 0.15) is 0 Å². The SMILES string of the molecule is Cc1nc2ccccc2c(C)c1C(=O)OCc1nc(-c2cccs2)no1. The molecule has 26 heavy (non-hydrogen) atoms. The monoisotopic (exact) mass is 365 g/mol. The van der Waals surface area contributed by atoms with Gasteiger partial charge in [0.05, 0.1) is 21.7 Å². The number of fused-ring (bicyclic) bond motifs is 1. The molecule has 4 rings (SSSR count). The molecule has 0 fully saturated rings. The van der Waals surface area contributed by atoms with Crippen molar-refractivity contribution in [2.24, 2.45) is 0 Å². The number of nitrogens with zero attached hydrogens (tertiary/aromatic N) is 3. The van der Waals surface area contributed by atoms with Crippen LogP contribution in [-0.2, 0) is 11.3 Å². The minimum Gasteiger partial charge on any atom is -0.452 e. The molecule has 0 unspecified atom stereocenters. The largest absolute Gasteiger partial charge is 0.452 e. The third-order valence-electron chi connectivity index (χ3n) is 4.07. The molecule has 0 aliphatic carbocycles. The van der Waals surface area contributed by atoms with Crippen molar-refractivity contribution < 1.29 is 14.1 Å². The maximum absolute atomic E-state index is 12.6. The van der Waals surface area contributed by atoms with E-state index in [9.17, 15) is 4.79 Å². The highest BCUT2D eigenvalue weighted by molar-refractivity contribution is 7.13. The molecule has 7 heteroatoms. The number of carbonyl (C=O) groups excluding carboxylic acids is 1. The Kier molecular flexibility index (Phi) is 4.22. The lowest BCUT2D eigenvalue weighted by Crippen LogP contribution is -2.11. The Labute approximate surface area is 153 Å². The van der Waals surface area contributed by atoms with E-state index in [1.54, 1.807) is 6.92 Å². The number of hydrogen-bond acceptors (Lipinski definition) is 7. The van der Waals surface area contributed by atoms with Crippen molar-refractivity contribution in [2.45, 2.75) is 20.5 Å². The number of esters is 1.